The molecule has 2 amide bonds. The summed E-state index contributed by atoms with van der Waals surface area (Å²) in [5.41, 5.74) is 3.10. The fourth-order valence-corrected chi connectivity index (χ4v) is 16.4. The Morgan fingerprint density at radius 1 is 0.549 bits per heavy atom. The van der Waals surface area contributed by atoms with Crippen LogP contribution >= 0.6 is 0 Å². The Labute approximate surface area is 430 Å². The second kappa shape index (κ2) is 26.6. The third-order valence-electron chi connectivity index (χ3n) is 15.9. The highest BCUT2D eigenvalue weighted by Gasteiger charge is 2.40. The van der Waals surface area contributed by atoms with Crippen molar-refractivity contribution in [3.63, 3.8) is 0 Å². The van der Waals surface area contributed by atoms with Crippen LogP contribution in [0.15, 0.2) is 88.7 Å². The maximum atomic E-state index is 13.8. The van der Waals surface area contributed by atoms with E-state index in [1.165, 1.54) is 63.4 Å². The number of piperidine rings is 2. The summed E-state index contributed by atoms with van der Waals surface area (Å²) >= 11 is 0. The molecule has 0 radical (unpaired) electrons. The molecule has 2 saturated carbocycles. The third kappa shape index (κ3) is 15.7. The van der Waals surface area contributed by atoms with Crippen molar-refractivity contribution in [2.75, 3.05) is 26.2 Å². The average Bonchev–Trinajstić information content (AvgIpc) is 3.86. The lowest BCUT2D eigenvalue weighted by Crippen LogP contribution is -2.52. The van der Waals surface area contributed by atoms with Crippen molar-refractivity contribution < 1.29 is 26.4 Å². The smallest absolute Gasteiger partial charge is 0.243 e. The monoisotopic (exact) mass is 1010 g/mol. The van der Waals surface area contributed by atoms with Crippen LogP contribution in [0, 0.1) is 43.4 Å². The molecule has 12 heteroatoms. The first kappa shape index (κ1) is 56.7. The van der Waals surface area contributed by atoms with Gasteiger partial charge in [0.15, 0.2) is 0 Å². The zero-order valence-corrected chi connectivity index (χ0v) is 46.4. The molecule has 3 aromatic carbocycles. The van der Waals surface area contributed by atoms with Crippen LogP contribution in [0.25, 0.3) is 0 Å². The number of hydrogen-bond acceptors (Lipinski definition) is 6. The van der Waals surface area contributed by atoms with E-state index in [0.29, 0.717) is 79.4 Å². The fourth-order valence-electron chi connectivity index (χ4n) is 12.4. The SMILES string of the molecule is Cc1cccc(S(=O)(=O)N(C(C)C)C2CCN(C(=O)[C@@H](CCC3CCCCC3)Cc3ccccc3)CC2)c1.Cc1cccc(S(=O)(=O)N(C(C)C)C2CCN(C(=O)[C@H](CC(C)C)CC3CCCC3)CC2)c1. The van der Waals surface area contributed by atoms with E-state index in [9.17, 15) is 26.4 Å². The fraction of sp³-hybridized carbons (Fsp3) is 0.661. The molecule has 7 rings (SSSR count). The number of rotatable bonds is 19. The van der Waals surface area contributed by atoms with Crippen molar-refractivity contribution in [2.45, 2.75) is 205 Å². The molecule has 71 heavy (non-hydrogen) atoms. The van der Waals surface area contributed by atoms with Gasteiger partial charge in [-0.05, 0) is 158 Å². The van der Waals surface area contributed by atoms with Gasteiger partial charge in [-0.1, -0.05) is 126 Å². The number of carbonyl (C=O) groups is 2. The average molecular weight is 1020 g/mol. The van der Waals surface area contributed by atoms with E-state index < -0.39 is 20.0 Å². The lowest BCUT2D eigenvalue weighted by atomic mass is 9.82. The van der Waals surface area contributed by atoms with Crippen molar-refractivity contribution in [2.24, 2.45) is 29.6 Å². The van der Waals surface area contributed by atoms with Crippen LogP contribution in [0.5, 0.6) is 0 Å². The van der Waals surface area contributed by atoms with Gasteiger partial charge in [-0.15, -0.1) is 0 Å². The van der Waals surface area contributed by atoms with Gasteiger partial charge in [-0.2, -0.15) is 8.61 Å². The van der Waals surface area contributed by atoms with Crippen LogP contribution in [0.4, 0.5) is 0 Å². The van der Waals surface area contributed by atoms with Crippen LogP contribution in [0.1, 0.15) is 167 Å². The van der Waals surface area contributed by atoms with E-state index in [1.54, 1.807) is 38.9 Å². The van der Waals surface area contributed by atoms with Crippen LogP contribution in [0.3, 0.4) is 0 Å². The molecule has 10 nitrogen and oxygen atoms in total. The summed E-state index contributed by atoms with van der Waals surface area (Å²) in [7, 11) is -7.19. The maximum Gasteiger partial charge on any atom is 0.243 e. The van der Waals surface area contributed by atoms with E-state index in [4.69, 9.17) is 0 Å². The van der Waals surface area contributed by atoms with Crippen LogP contribution in [-0.4, -0.2) is 97.4 Å². The molecule has 2 saturated heterocycles. The Morgan fingerprint density at radius 2 is 0.986 bits per heavy atom. The van der Waals surface area contributed by atoms with Gasteiger partial charge in [-0.3, -0.25) is 9.59 Å². The van der Waals surface area contributed by atoms with Crippen molar-refractivity contribution in [1.82, 2.24) is 18.4 Å². The quantitative estimate of drug-likeness (QED) is 0.118. The molecule has 2 aliphatic heterocycles. The molecule has 0 bridgehead atoms. The van der Waals surface area contributed by atoms with Crippen molar-refractivity contribution in [1.29, 1.82) is 0 Å². The number of amides is 2. The number of carbonyl (C=O) groups excluding carboxylic acids is 2. The van der Waals surface area contributed by atoms with E-state index >= 15 is 0 Å². The van der Waals surface area contributed by atoms with Gasteiger partial charge in [0.1, 0.15) is 0 Å². The molecule has 2 atom stereocenters. The van der Waals surface area contributed by atoms with E-state index in [-0.39, 0.29) is 41.9 Å². The van der Waals surface area contributed by atoms with Gasteiger partial charge in [-0.25, -0.2) is 16.8 Å². The maximum absolute atomic E-state index is 13.8. The van der Waals surface area contributed by atoms with Crippen molar-refractivity contribution in [3.8, 4) is 0 Å². The highest BCUT2D eigenvalue weighted by molar-refractivity contribution is 7.89. The number of nitrogens with zero attached hydrogens (tertiary/aromatic N) is 4. The molecule has 0 aromatic heterocycles. The summed E-state index contributed by atoms with van der Waals surface area (Å²) < 4.78 is 57.7. The lowest BCUT2D eigenvalue weighted by Gasteiger charge is -2.40. The van der Waals surface area contributed by atoms with Gasteiger partial charge in [0.25, 0.3) is 0 Å². The van der Waals surface area contributed by atoms with E-state index in [2.05, 4.69) is 38.1 Å². The minimum atomic E-state index is -3.61. The molecule has 0 spiro atoms. The molecule has 0 N–H and O–H groups in total. The van der Waals surface area contributed by atoms with Gasteiger partial charge < -0.3 is 9.80 Å². The van der Waals surface area contributed by atoms with Crippen molar-refractivity contribution >= 4 is 31.9 Å². The van der Waals surface area contributed by atoms with Crippen LogP contribution in [0.2, 0.25) is 0 Å². The normalized spacial score (nSPS) is 19.2. The number of likely N-dealkylation sites (tertiary alicyclic amines) is 2. The predicted molar refractivity (Wildman–Crippen MR) is 289 cm³/mol. The van der Waals surface area contributed by atoms with E-state index in [0.717, 1.165) is 49.1 Å². The molecule has 2 heterocycles. The predicted octanol–water partition coefficient (Wildman–Crippen LogP) is 12.2. The topological polar surface area (TPSA) is 115 Å². The molecule has 0 unspecified atom stereocenters. The molecule has 2 aliphatic carbocycles. The Balaban J connectivity index is 0.000000235. The minimum absolute atomic E-state index is 0.00638. The van der Waals surface area contributed by atoms with Crippen LogP contribution < -0.4 is 0 Å². The van der Waals surface area contributed by atoms with Gasteiger partial charge >= 0.3 is 0 Å². The van der Waals surface area contributed by atoms with Crippen molar-refractivity contribution in [3.05, 3.63) is 95.6 Å². The van der Waals surface area contributed by atoms with Gasteiger partial charge in [0, 0.05) is 62.2 Å². The summed E-state index contributed by atoms with van der Waals surface area (Å²) in [6, 6.07) is 24.3. The number of benzene rings is 3. The zero-order chi connectivity index (χ0) is 51.3. The number of sulfonamides is 2. The Hall–Kier alpha value is -3.58. The second-order valence-electron chi connectivity index (χ2n) is 22.8. The molecule has 4 aliphatic rings. The van der Waals surface area contributed by atoms with Gasteiger partial charge in [0.05, 0.1) is 9.79 Å². The summed E-state index contributed by atoms with van der Waals surface area (Å²) in [6.07, 6.45) is 19.4. The molecule has 394 valence electrons. The first-order valence-electron chi connectivity index (χ1n) is 27.7. The first-order valence-corrected chi connectivity index (χ1v) is 30.5. The Morgan fingerprint density at radius 3 is 1.42 bits per heavy atom. The summed E-state index contributed by atoms with van der Waals surface area (Å²) in [4.78, 5) is 32.1. The molecule has 3 aromatic rings. The van der Waals surface area contributed by atoms with E-state index in [1.807, 2.05) is 75.6 Å². The molecular weight excluding hydrogens is 925 g/mol. The highest BCUT2D eigenvalue weighted by Crippen LogP contribution is 2.36. The number of hydrogen-bond donors (Lipinski definition) is 0. The standard InChI is InChI=1S/C32H46N2O3S.C27H44N2O3S/c1-25(2)34(38(36,37)31-16-10-11-26(3)23-31)30-19-21-33(22-20-30)32(35)29(24-28-14-8-5-9-15-28)18-17-27-12-6-4-7-13-27;1-20(2)17-24(19-23-10-6-7-11-23)27(30)28-15-13-25(14-16-28)29(21(3)4)33(31,32)26-12-8-9-22(5)18-26/h5,8-11,14-16,23,25,27,29-30H,4,6-7,12-13,17-22,24H2,1-3H3;8-9,12,18,20-21,23-25H,6-7,10-11,13-17,19H2,1-5H3/t29-;24-/m01/s1. The highest BCUT2D eigenvalue weighted by atomic mass is 32.2. The van der Waals surface area contributed by atoms with Gasteiger partial charge in [0.2, 0.25) is 31.9 Å². The Kier molecular flexibility index (Phi) is 21.2. The summed E-state index contributed by atoms with van der Waals surface area (Å²) in [5, 5.41) is 0. The molecule has 4 fully saturated rings. The number of aryl methyl sites for hydroxylation is 2. The van der Waals surface area contributed by atoms with Crippen LogP contribution in [-0.2, 0) is 36.1 Å². The lowest BCUT2D eigenvalue weighted by molar-refractivity contribution is -0.138. The summed E-state index contributed by atoms with van der Waals surface area (Å²) in [5.74, 6) is 2.62. The first-order chi connectivity index (χ1) is 33.8. The Bertz CT molecular complexity index is 2340. The molecular formula is C59H90N4O6S2. The largest absolute Gasteiger partial charge is 0.342 e. The minimum Gasteiger partial charge on any atom is -0.342 e. The second-order valence-corrected chi connectivity index (χ2v) is 26.5. The zero-order valence-electron chi connectivity index (χ0n) is 44.8. The summed E-state index contributed by atoms with van der Waals surface area (Å²) in [6.45, 7) is 18.6. The third-order valence-corrected chi connectivity index (χ3v) is 20.2.